The van der Waals surface area contributed by atoms with E-state index in [1.165, 1.54) is 22.2 Å². The normalized spacial score (nSPS) is 16.3. The molecule has 0 spiro atoms. The van der Waals surface area contributed by atoms with E-state index in [0.717, 1.165) is 36.4 Å². The highest BCUT2D eigenvalue weighted by Crippen LogP contribution is 2.37. The van der Waals surface area contributed by atoms with Crippen molar-refractivity contribution in [1.29, 1.82) is 0 Å². The van der Waals surface area contributed by atoms with Gasteiger partial charge in [-0.3, -0.25) is 0 Å². The number of ether oxygens (including phenoxy) is 1. The van der Waals surface area contributed by atoms with E-state index >= 15 is 0 Å². The molecule has 3 rings (SSSR count). The number of hydrogen-bond donors (Lipinski definition) is 1. The molecule has 19 heavy (non-hydrogen) atoms. The number of H-pyrrole nitrogens is 1. The van der Waals surface area contributed by atoms with Crippen molar-refractivity contribution in [2.45, 2.75) is 26.2 Å². The fourth-order valence-electron chi connectivity index (χ4n) is 2.68. The Bertz CT molecular complexity index is 614. The summed E-state index contributed by atoms with van der Waals surface area (Å²) in [6.07, 6.45) is 8.34. The smallest absolute Gasteiger partial charge is 0.143 e. The minimum Gasteiger partial charge on any atom is -0.365 e. The van der Waals surface area contributed by atoms with Crippen LogP contribution in [0.5, 0.6) is 0 Å². The molecule has 0 bridgehead atoms. The molecule has 0 unspecified atom stereocenters. The van der Waals surface area contributed by atoms with Gasteiger partial charge in [-0.25, -0.2) is 0 Å². The second-order valence-corrected chi connectivity index (χ2v) is 5.62. The van der Waals surface area contributed by atoms with E-state index in [2.05, 4.69) is 58.2 Å². The molecular formula is C16H17BrNO. The van der Waals surface area contributed by atoms with E-state index in [0.29, 0.717) is 0 Å². The summed E-state index contributed by atoms with van der Waals surface area (Å²) in [5, 5.41) is 1.31. The lowest BCUT2D eigenvalue weighted by molar-refractivity contribution is 0.141. The lowest BCUT2D eigenvalue weighted by Crippen LogP contribution is -2.16. The van der Waals surface area contributed by atoms with Crippen LogP contribution in [0.25, 0.3) is 10.9 Å². The summed E-state index contributed by atoms with van der Waals surface area (Å²) >= 11 is 3.66. The number of nitrogens with one attached hydrogen (secondary N) is 1. The molecule has 99 valence electrons. The van der Waals surface area contributed by atoms with Gasteiger partial charge in [0, 0.05) is 15.4 Å². The Kier molecular flexibility index (Phi) is 3.76. The Balaban J connectivity index is 2.00. The van der Waals surface area contributed by atoms with Gasteiger partial charge in [0.25, 0.3) is 0 Å². The number of fused-ring (bicyclic) bond motifs is 3. The molecule has 0 aliphatic carbocycles. The standard InChI is InChI=1S/C16H17BrNO/c1-2-3-4-8-14-16-11(9-10-19-14)15-12(17)6-5-7-13(15)18-16/h2-3,5-7,18H,4,8-10H2,1H3/b3-2+. The number of rotatable bonds is 3. The monoisotopic (exact) mass is 318 g/mol. The first-order valence-electron chi connectivity index (χ1n) is 6.70. The minimum atomic E-state index is 0.784. The number of aromatic nitrogens is 1. The van der Waals surface area contributed by atoms with Gasteiger partial charge >= 0.3 is 0 Å². The zero-order valence-electron chi connectivity index (χ0n) is 11.0. The van der Waals surface area contributed by atoms with E-state index in [4.69, 9.17) is 4.74 Å². The largest absolute Gasteiger partial charge is 0.365 e. The Morgan fingerprint density at radius 3 is 3.16 bits per heavy atom. The number of allylic oxidation sites excluding steroid dienone is 2. The summed E-state index contributed by atoms with van der Waals surface area (Å²) in [4.78, 5) is 3.52. The predicted octanol–water partition coefficient (Wildman–Crippen LogP) is 4.74. The predicted molar refractivity (Wildman–Crippen MR) is 82.0 cm³/mol. The van der Waals surface area contributed by atoms with Crippen LogP contribution in [0.2, 0.25) is 0 Å². The van der Waals surface area contributed by atoms with Gasteiger partial charge < -0.3 is 9.72 Å². The van der Waals surface area contributed by atoms with E-state index in [-0.39, 0.29) is 0 Å². The van der Waals surface area contributed by atoms with Gasteiger partial charge in [0.2, 0.25) is 0 Å². The van der Waals surface area contributed by atoms with E-state index in [1.807, 2.05) is 0 Å². The van der Waals surface area contributed by atoms with Crippen LogP contribution in [0.3, 0.4) is 0 Å². The molecule has 0 saturated carbocycles. The lowest BCUT2D eigenvalue weighted by Gasteiger charge is -2.22. The van der Waals surface area contributed by atoms with Crippen LogP contribution in [0, 0.1) is 6.10 Å². The maximum Gasteiger partial charge on any atom is 0.143 e. The molecule has 3 heteroatoms. The average molecular weight is 319 g/mol. The lowest BCUT2D eigenvalue weighted by atomic mass is 10.00. The molecule has 1 N–H and O–H groups in total. The van der Waals surface area contributed by atoms with Crippen molar-refractivity contribution >= 4 is 26.8 Å². The van der Waals surface area contributed by atoms with Crippen molar-refractivity contribution < 1.29 is 4.74 Å². The Morgan fingerprint density at radius 2 is 2.32 bits per heavy atom. The van der Waals surface area contributed by atoms with Crippen LogP contribution in [0.1, 0.15) is 31.0 Å². The van der Waals surface area contributed by atoms with Crippen molar-refractivity contribution in [1.82, 2.24) is 4.98 Å². The highest BCUT2D eigenvalue weighted by molar-refractivity contribution is 9.10. The molecule has 1 aromatic heterocycles. The van der Waals surface area contributed by atoms with Crippen LogP contribution in [-0.2, 0) is 11.2 Å². The Morgan fingerprint density at radius 1 is 1.42 bits per heavy atom. The number of hydrogen-bond acceptors (Lipinski definition) is 1. The molecule has 0 saturated heterocycles. The third-order valence-corrected chi connectivity index (χ3v) is 4.22. The van der Waals surface area contributed by atoms with Gasteiger partial charge in [-0.1, -0.05) is 34.1 Å². The van der Waals surface area contributed by atoms with Crippen molar-refractivity contribution in [3.05, 3.63) is 52.2 Å². The molecule has 2 heterocycles. The summed E-state index contributed by atoms with van der Waals surface area (Å²) in [6, 6.07) is 6.29. The first-order chi connectivity index (χ1) is 9.31. The zero-order valence-corrected chi connectivity index (χ0v) is 12.6. The fourth-order valence-corrected chi connectivity index (χ4v) is 3.29. The van der Waals surface area contributed by atoms with E-state index < -0.39 is 0 Å². The van der Waals surface area contributed by atoms with Crippen molar-refractivity contribution in [2.75, 3.05) is 6.61 Å². The summed E-state index contributed by atoms with van der Waals surface area (Å²) < 4.78 is 7.02. The molecular weight excluding hydrogens is 302 g/mol. The maximum atomic E-state index is 5.86. The fraction of sp³-hybridized carbons (Fsp3) is 0.312. The topological polar surface area (TPSA) is 25.0 Å². The second-order valence-electron chi connectivity index (χ2n) is 4.77. The van der Waals surface area contributed by atoms with Crippen molar-refractivity contribution in [3.63, 3.8) is 0 Å². The van der Waals surface area contributed by atoms with Crippen LogP contribution < -0.4 is 0 Å². The molecule has 0 amide bonds. The number of benzene rings is 1. The Hall–Kier alpha value is -1.06. The van der Waals surface area contributed by atoms with Crippen LogP contribution in [-0.4, -0.2) is 11.6 Å². The third kappa shape index (κ3) is 2.37. The molecule has 1 aromatic carbocycles. The molecule has 1 aliphatic heterocycles. The maximum absolute atomic E-state index is 5.86. The van der Waals surface area contributed by atoms with Crippen molar-refractivity contribution in [2.24, 2.45) is 0 Å². The molecule has 2 nitrogen and oxygen atoms in total. The van der Waals surface area contributed by atoms with Crippen LogP contribution in [0.4, 0.5) is 0 Å². The second kappa shape index (κ2) is 5.51. The van der Waals surface area contributed by atoms with Gasteiger partial charge in [0.05, 0.1) is 12.3 Å². The molecule has 1 aliphatic rings. The molecule has 0 atom stereocenters. The highest BCUT2D eigenvalue weighted by Gasteiger charge is 2.26. The Labute approximate surface area is 122 Å². The summed E-state index contributed by atoms with van der Waals surface area (Å²) in [7, 11) is 0. The highest BCUT2D eigenvalue weighted by atomic mass is 79.9. The average Bonchev–Trinajstić information content (AvgIpc) is 2.80. The van der Waals surface area contributed by atoms with Crippen LogP contribution in [0.15, 0.2) is 34.8 Å². The summed E-state index contributed by atoms with van der Waals surface area (Å²) in [5.74, 6) is 0. The summed E-state index contributed by atoms with van der Waals surface area (Å²) in [6.45, 7) is 2.84. The SMILES string of the molecule is C/C=C/CC[C]1OCCc2c1[nH]c1cccc(Br)c21. The van der Waals surface area contributed by atoms with E-state index in [1.54, 1.807) is 0 Å². The third-order valence-electron chi connectivity index (χ3n) is 3.56. The molecule has 1 radical (unpaired) electrons. The first kappa shape index (κ1) is 12.9. The van der Waals surface area contributed by atoms with Gasteiger partial charge in [-0.05, 0) is 43.9 Å². The van der Waals surface area contributed by atoms with Gasteiger partial charge in [0.1, 0.15) is 6.10 Å². The number of aromatic amines is 1. The summed E-state index contributed by atoms with van der Waals surface area (Å²) in [5.41, 5.74) is 3.77. The van der Waals surface area contributed by atoms with Gasteiger partial charge in [-0.2, -0.15) is 0 Å². The van der Waals surface area contributed by atoms with E-state index in [9.17, 15) is 0 Å². The molecule has 0 fully saturated rings. The van der Waals surface area contributed by atoms with Crippen LogP contribution >= 0.6 is 15.9 Å². The van der Waals surface area contributed by atoms with Gasteiger partial charge in [0.15, 0.2) is 0 Å². The first-order valence-corrected chi connectivity index (χ1v) is 7.49. The minimum absolute atomic E-state index is 0.784. The number of halogens is 1. The molecule has 2 aromatic rings. The van der Waals surface area contributed by atoms with Gasteiger partial charge in [-0.15, -0.1) is 0 Å². The zero-order chi connectivity index (χ0) is 13.2. The quantitative estimate of drug-likeness (QED) is 0.812. The van der Waals surface area contributed by atoms with Crippen molar-refractivity contribution in [3.8, 4) is 0 Å².